The Balaban J connectivity index is 1.53. The van der Waals surface area contributed by atoms with E-state index < -0.39 is 10.0 Å². The van der Waals surface area contributed by atoms with Crippen LogP contribution in [0.5, 0.6) is 0 Å². The summed E-state index contributed by atoms with van der Waals surface area (Å²) in [6, 6.07) is 10.3. The zero-order valence-electron chi connectivity index (χ0n) is 13.7. The van der Waals surface area contributed by atoms with E-state index in [9.17, 15) is 8.42 Å². The molecule has 1 aromatic heterocycles. The molecule has 0 bridgehead atoms. The number of nitrogens with one attached hydrogen (secondary N) is 1. The number of aryl methyl sites for hydroxylation is 1. The Morgan fingerprint density at radius 2 is 2.04 bits per heavy atom. The highest BCUT2D eigenvalue weighted by Gasteiger charge is 2.31. The van der Waals surface area contributed by atoms with Crippen LogP contribution in [0, 0.1) is 0 Å². The Bertz CT molecular complexity index is 775. The molecule has 1 aliphatic heterocycles. The Hall–Kier alpha value is -1.74. The minimum Gasteiger partial charge on any atom is -0.326 e. The minimum absolute atomic E-state index is 0.0716. The lowest BCUT2D eigenvalue weighted by molar-refractivity contribution is 0.336. The molecular formula is C16H23N5O2S. The molecule has 0 amide bonds. The fourth-order valence-electron chi connectivity index (χ4n) is 3.11. The smallest absolute Gasteiger partial charge is 0.243 e. The van der Waals surface area contributed by atoms with Gasteiger partial charge in [0.05, 0.1) is 6.20 Å². The van der Waals surface area contributed by atoms with Crippen molar-refractivity contribution in [3.63, 3.8) is 0 Å². The summed E-state index contributed by atoms with van der Waals surface area (Å²) in [5, 5.41) is 3.89. The standard InChI is InChI=1S/C16H23N5O2S/c1-20-10-14(9-18-20)24(22,23)19-7-8-21-11-15(16(17)12-21)13-5-3-2-4-6-13/h2-6,9-10,15-16,19H,7-8,11-12,17H2,1H3/t15-,16+/m0/s1. The maximum Gasteiger partial charge on any atom is 0.243 e. The molecule has 2 aromatic rings. The van der Waals surface area contributed by atoms with Crippen molar-refractivity contribution in [3.8, 4) is 0 Å². The van der Waals surface area contributed by atoms with Crippen molar-refractivity contribution in [1.82, 2.24) is 19.4 Å². The summed E-state index contributed by atoms with van der Waals surface area (Å²) in [6.45, 7) is 2.61. The zero-order valence-corrected chi connectivity index (χ0v) is 14.5. The molecule has 1 fully saturated rings. The third-order valence-corrected chi connectivity index (χ3v) is 5.80. The molecule has 1 saturated heterocycles. The van der Waals surface area contributed by atoms with E-state index in [0.29, 0.717) is 19.0 Å². The van der Waals surface area contributed by atoms with Crippen molar-refractivity contribution in [2.45, 2.75) is 16.9 Å². The summed E-state index contributed by atoms with van der Waals surface area (Å²) in [5.74, 6) is 0.293. The topological polar surface area (TPSA) is 93.2 Å². The Labute approximate surface area is 142 Å². The number of sulfonamides is 1. The molecule has 130 valence electrons. The molecule has 8 heteroatoms. The van der Waals surface area contributed by atoms with Crippen molar-refractivity contribution in [2.75, 3.05) is 26.2 Å². The summed E-state index contributed by atoms with van der Waals surface area (Å²) in [5.41, 5.74) is 7.50. The summed E-state index contributed by atoms with van der Waals surface area (Å²) in [4.78, 5) is 2.39. The fourth-order valence-corrected chi connectivity index (χ4v) is 4.11. The van der Waals surface area contributed by atoms with Gasteiger partial charge in [0, 0.05) is 51.4 Å². The Morgan fingerprint density at radius 1 is 1.29 bits per heavy atom. The van der Waals surface area contributed by atoms with Crippen molar-refractivity contribution < 1.29 is 8.42 Å². The minimum atomic E-state index is -3.50. The van der Waals surface area contributed by atoms with Gasteiger partial charge in [-0.25, -0.2) is 13.1 Å². The molecule has 0 radical (unpaired) electrons. The summed E-state index contributed by atoms with van der Waals surface area (Å²) in [6.07, 6.45) is 2.83. The average Bonchev–Trinajstić information content (AvgIpc) is 3.14. The second-order valence-corrected chi connectivity index (χ2v) is 7.96. The first-order valence-electron chi connectivity index (χ1n) is 7.97. The second kappa shape index (κ2) is 7.02. The summed E-state index contributed by atoms with van der Waals surface area (Å²) >= 11 is 0. The third kappa shape index (κ3) is 3.84. The number of nitrogens with zero attached hydrogens (tertiary/aromatic N) is 3. The largest absolute Gasteiger partial charge is 0.326 e. The van der Waals surface area contributed by atoms with Gasteiger partial charge in [0.25, 0.3) is 0 Å². The number of nitrogens with two attached hydrogens (primary N) is 1. The van der Waals surface area contributed by atoms with E-state index in [1.165, 1.54) is 22.6 Å². The van der Waals surface area contributed by atoms with Crippen molar-refractivity contribution >= 4 is 10.0 Å². The quantitative estimate of drug-likeness (QED) is 0.773. The zero-order chi connectivity index (χ0) is 17.2. The normalized spacial score (nSPS) is 22.1. The molecule has 7 nitrogen and oxygen atoms in total. The third-order valence-electron chi connectivity index (χ3n) is 4.38. The second-order valence-electron chi connectivity index (χ2n) is 6.19. The highest BCUT2D eigenvalue weighted by molar-refractivity contribution is 7.89. The molecule has 0 saturated carbocycles. The number of benzene rings is 1. The highest BCUT2D eigenvalue weighted by Crippen LogP contribution is 2.25. The molecule has 0 aliphatic carbocycles. The van der Waals surface area contributed by atoms with E-state index in [1.807, 2.05) is 18.2 Å². The summed E-state index contributed by atoms with van der Waals surface area (Å²) in [7, 11) is -1.81. The SMILES string of the molecule is Cn1cc(S(=O)(=O)NCCN2C[C@@H](N)[C@H](c3ccccc3)C2)cn1. The molecule has 1 aromatic carbocycles. The number of hydrogen-bond acceptors (Lipinski definition) is 5. The molecule has 2 atom stereocenters. The monoisotopic (exact) mass is 349 g/mol. The number of rotatable bonds is 6. The van der Waals surface area contributed by atoms with Gasteiger partial charge in [-0.15, -0.1) is 0 Å². The van der Waals surface area contributed by atoms with Crippen LogP contribution in [-0.4, -0.2) is 55.3 Å². The first kappa shape index (κ1) is 17.1. The highest BCUT2D eigenvalue weighted by atomic mass is 32.2. The molecule has 1 aliphatic rings. The van der Waals surface area contributed by atoms with Crippen LogP contribution in [0.15, 0.2) is 47.6 Å². The van der Waals surface area contributed by atoms with E-state index in [-0.39, 0.29) is 10.9 Å². The van der Waals surface area contributed by atoms with Gasteiger partial charge in [-0.2, -0.15) is 5.10 Å². The van der Waals surface area contributed by atoms with Gasteiger partial charge in [-0.1, -0.05) is 30.3 Å². The van der Waals surface area contributed by atoms with Gasteiger partial charge in [0.1, 0.15) is 4.90 Å². The van der Waals surface area contributed by atoms with Crippen LogP contribution in [0.25, 0.3) is 0 Å². The molecule has 3 N–H and O–H groups in total. The molecular weight excluding hydrogens is 326 g/mol. The van der Waals surface area contributed by atoms with E-state index in [4.69, 9.17) is 5.73 Å². The average molecular weight is 349 g/mol. The fraction of sp³-hybridized carbons (Fsp3) is 0.438. The van der Waals surface area contributed by atoms with Gasteiger partial charge < -0.3 is 5.73 Å². The molecule has 0 unspecified atom stereocenters. The van der Waals surface area contributed by atoms with Crippen molar-refractivity contribution in [1.29, 1.82) is 0 Å². The van der Waals surface area contributed by atoms with E-state index in [1.54, 1.807) is 7.05 Å². The van der Waals surface area contributed by atoms with Crippen LogP contribution in [0.3, 0.4) is 0 Å². The van der Waals surface area contributed by atoms with Crippen LogP contribution < -0.4 is 10.5 Å². The van der Waals surface area contributed by atoms with Crippen molar-refractivity contribution in [3.05, 3.63) is 48.3 Å². The van der Waals surface area contributed by atoms with Gasteiger partial charge >= 0.3 is 0 Å². The van der Waals surface area contributed by atoms with Gasteiger partial charge in [0.15, 0.2) is 0 Å². The lowest BCUT2D eigenvalue weighted by atomic mass is 9.95. The van der Waals surface area contributed by atoms with Gasteiger partial charge in [-0.05, 0) is 5.56 Å². The van der Waals surface area contributed by atoms with E-state index in [2.05, 4.69) is 26.9 Å². The predicted octanol–water partition coefficient (Wildman–Crippen LogP) is 0.125. The first-order chi connectivity index (χ1) is 11.5. The molecule has 3 rings (SSSR count). The number of hydrogen-bond donors (Lipinski definition) is 2. The van der Waals surface area contributed by atoms with E-state index >= 15 is 0 Å². The van der Waals surface area contributed by atoms with Gasteiger partial charge in [0.2, 0.25) is 10.0 Å². The molecule has 0 spiro atoms. The van der Waals surface area contributed by atoms with Crippen LogP contribution in [0.2, 0.25) is 0 Å². The maximum absolute atomic E-state index is 12.2. The first-order valence-corrected chi connectivity index (χ1v) is 9.45. The van der Waals surface area contributed by atoms with E-state index in [0.717, 1.165) is 13.1 Å². The van der Waals surface area contributed by atoms with Crippen LogP contribution in [0.1, 0.15) is 11.5 Å². The predicted molar refractivity (Wildman–Crippen MR) is 92.0 cm³/mol. The lowest BCUT2D eigenvalue weighted by Crippen LogP contribution is -2.35. The Kier molecular flexibility index (Phi) is 5.00. The van der Waals surface area contributed by atoms with Crippen molar-refractivity contribution in [2.24, 2.45) is 12.8 Å². The van der Waals surface area contributed by atoms with Crippen LogP contribution in [-0.2, 0) is 17.1 Å². The van der Waals surface area contributed by atoms with Crippen LogP contribution in [0.4, 0.5) is 0 Å². The number of likely N-dealkylation sites (tertiary alicyclic amines) is 1. The maximum atomic E-state index is 12.2. The summed E-state index contributed by atoms with van der Waals surface area (Å²) < 4.78 is 28.4. The lowest BCUT2D eigenvalue weighted by Gasteiger charge is -2.16. The Morgan fingerprint density at radius 3 is 2.71 bits per heavy atom. The molecule has 24 heavy (non-hydrogen) atoms. The van der Waals surface area contributed by atoms with Crippen LogP contribution >= 0.6 is 0 Å². The van der Waals surface area contributed by atoms with Gasteiger partial charge in [-0.3, -0.25) is 9.58 Å². The number of aromatic nitrogens is 2. The molecule has 2 heterocycles.